The fourth-order valence-electron chi connectivity index (χ4n) is 3.94. The number of alkyl halides is 3. The van der Waals surface area contributed by atoms with Crippen LogP contribution >= 0.6 is 0 Å². The third-order valence-corrected chi connectivity index (χ3v) is 9.09. The molecule has 1 heterocycles. The molecule has 0 atom stereocenters. The highest BCUT2D eigenvalue weighted by molar-refractivity contribution is 7.92. The second-order valence-electron chi connectivity index (χ2n) is 8.21. The van der Waals surface area contributed by atoms with E-state index in [2.05, 4.69) is 9.46 Å². The predicted molar refractivity (Wildman–Crippen MR) is 134 cm³/mol. The summed E-state index contributed by atoms with van der Waals surface area (Å²) in [5, 5.41) is 0. The normalized spacial score (nSPS) is 15.2. The number of methoxy groups -OCH3 is 1. The van der Waals surface area contributed by atoms with Gasteiger partial charge in [0.15, 0.2) is 0 Å². The predicted octanol–water partition coefficient (Wildman–Crippen LogP) is 3.91. The van der Waals surface area contributed by atoms with Crippen molar-refractivity contribution in [2.75, 3.05) is 42.9 Å². The maximum Gasteiger partial charge on any atom is 0.573 e. The van der Waals surface area contributed by atoms with Gasteiger partial charge in [-0.3, -0.25) is 4.72 Å². The molecule has 4 rings (SSSR count). The first kappa shape index (κ1) is 27.5. The van der Waals surface area contributed by atoms with Crippen molar-refractivity contribution < 1.29 is 39.5 Å². The van der Waals surface area contributed by atoms with Crippen molar-refractivity contribution in [1.82, 2.24) is 4.31 Å². The highest BCUT2D eigenvalue weighted by atomic mass is 32.2. The van der Waals surface area contributed by atoms with Crippen molar-refractivity contribution in [2.24, 2.45) is 0 Å². The van der Waals surface area contributed by atoms with E-state index < -0.39 is 32.2 Å². The summed E-state index contributed by atoms with van der Waals surface area (Å²) in [5.41, 5.74) is 0.965. The first-order valence-corrected chi connectivity index (χ1v) is 14.2. The second kappa shape index (κ2) is 10.7. The summed E-state index contributed by atoms with van der Waals surface area (Å²) in [6.07, 6.45) is -4.90. The van der Waals surface area contributed by atoms with Crippen LogP contribution in [0.4, 0.5) is 24.5 Å². The van der Waals surface area contributed by atoms with Crippen molar-refractivity contribution in [3.8, 4) is 11.5 Å². The fourth-order valence-corrected chi connectivity index (χ4v) is 6.42. The molecule has 1 saturated heterocycles. The number of nitrogens with one attached hydrogen (secondary N) is 1. The molecule has 1 N–H and O–H groups in total. The van der Waals surface area contributed by atoms with Crippen LogP contribution in [0.2, 0.25) is 0 Å². The lowest BCUT2D eigenvalue weighted by atomic mass is 10.2. The minimum absolute atomic E-state index is 0.000146. The molecule has 0 radical (unpaired) electrons. The van der Waals surface area contributed by atoms with Crippen LogP contribution in [-0.4, -0.2) is 60.8 Å². The number of nitrogens with zero attached hydrogens (tertiary/aromatic N) is 2. The third kappa shape index (κ3) is 6.31. The Kier molecular flexibility index (Phi) is 7.76. The Morgan fingerprint density at radius 3 is 1.95 bits per heavy atom. The van der Waals surface area contributed by atoms with Crippen molar-refractivity contribution in [1.29, 1.82) is 0 Å². The first-order chi connectivity index (χ1) is 17.9. The molecular weight excluding hydrogens is 547 g/mol. The van der Waals surface area contributed by atoms with Gasteiger partial charge < -0.3 is 14.4 Å². The maximum absolute atomic E-state index is 13.2. The summed E-state index contributed by atoms with van der Waals surface area (Å²) in [7, 11) is -6.39. The van der Waals surface area contributed by atoms with Crippen molar-refractivity contribution in [2.45, 2.75) is 16.2 Å². The average Bonchev–Trinajstić information content (AvgIpc) is 2.88. The van der Waals surface area contributed by atoms with Gasteiger partial charge in [-0.2, -0.15) is 4.31 Å². The van der Waals surface area contributed by atoms with Gasteiger partial charge in [0.05, 0.1) is 22.6 Å². The van der Waals surface area contributed by atoms with Crippen molar-refractivity contribution in [3.63, 3.8) is 0 Å². The molecule has 0 aliphatic carbocycles. The van der Waals surface area contributed by atoms with Gasteiger partial charge in [0.2, 0.25) is 10.0 Å². The number of hydrogen-bond acceptors (Lipinski definition) is 7. The molecule has 0 amide bonds. The Labute approximate surface area is 218 Å². The van der Waals surface area contributed by atoms with Crippen LogP contribution < -0.4 is 19.1 Å². The van der Waals surface area contributed by atoms with E-state index in [0.29, 0.717) is 18.8 Å². The van der Waals surface area contributed by atoms with Gasteiger partial charge in [0, 0.05) is 31.9 Å². The molecule has 38 heavy (non-hydrogen) atoms. The van der Waals surface area contributed by atoms with E-state index in [1.807, 2.05) is 29.2 Å². The molecule has 14 heteroatoms. The Hall–Kier alpha value is -3.49. The number of benzene rings is 3. The van der Waals surface area contributed by atoms with Crippen LogP contribution in [0.25, 0.3) is 0 Å². The molecule has 0 aromatic heterocycles. The average molecular weight is 572 g/mol. The van der Waals surface area contributed by atoms with E-state index in [-0.39, 0.29) is 28.6 Å². The zero-order chi connectivity index (χ0) is 27.6. The molecule has 0 saturated carbocycles. The van der Waals surface area contributed by atoms with Gasteiger partial charge in [-0.15, -0.1) is 13.2 Å². The van der Waals surface area contributed by atoms with E-state index in [0.717, 1.165) is 30.0 Å². The molecule has 0 bridgehead atoms. The quantitative estimate of drug-likeness (QED) is 0.437. The van der Waals surface area contributed by atoms with Crippen molar-refractivity contribution in [3.05, 3.63) is 72.8 Å². The summed E-state index contributed by atoms with van der Waals surface area (Å²) >= 11 is 0. The number of sulfonamides is 2. The Morgan fingerprint density at radius 2 is 1.37 bits per heavy atom. The van der Waals surface area contributed by atoms with Crippen LogP contribution in [0.3, 0.4) is 0 Å². The number of rotatable bonds is 8. The Morgan fingerprint density at radius 1 is 0.789 bits per heavy atom. The number of anilines is 2. The van der Waals surface area contributed by atoms with E-state index in [1.165, 1.54) is 28.6 Å². The van der Waals surface area contributed by atoms with Crippen LogP contribution in [0.1, 0.15) is 0 Å². The van der Waals surface area contributed by atoms with Crippen LogP contribution in [-0.2, 0) is 20.0 Å². The minimum Gasteiger partial charge on any atom is -0.495 e. The lowest BCUT2D eigenvalue weighted by molar-refractivity contribution is -0.274. The molecule has 1 aliphatic heterocycles. The van der Waals surface area contributed by atoms with Crippen LogP contribution in [0.15, 0.2) is 82.6 Å². The molecule has 3 aromatic carbocycles. The minimum atomic E-state index is -4.90. The van der Waals surface area contributed by atoms with Crippen LogP contribution in [0, 0.1) is 0 Å². The van der Waals surface area contributed by atoms with Gasteiger partial charge in [-0.25, -0.2) is 16.8 Å². The molecule has 3 aromatic rings. The number of hydrogen-bond donors (Lipinski definition) is 1. The second-order valence-corrected chi connectivity index (χ2v) is 11.8. The zero-order valence-corrected chi connectivity index (χ0v) is 21.7. The van der Waals surface area contributed by atoms with Gasteiger partial charge in [-0.1, -0.05) is 12.1 Å². The molecule has 0 unspecified atom stereocenters. The Bertz CT molecular complexity index is 1470. The monoisotopic (exact) mass is 571 g/mol. The smallest absolute Gasteiger partial charge is 0.495 e. The highest BCUT2D eigenvalue weighted by Gasteiger charge is 2.31. The fraction of sp³-hybridized carbons (Fsp3) is 0.250. The van der Waals surface area contributed by atoms with Crippen LogP contribution in [0.5, 0.6) is 11.5 Å². The summed E-state index contributed by atoms with van der Waals surface area (Å²) in [6, 6.07) is 16.4. The number of piperazine rings is 1. The molecular formula is C24H24F3N3O6S2. The summed E-state index contributed by atoms with van der Waals surface area (Å²) < 4.78 is 101. The molecule has 1 fully saturated rings. The molecule has 1 aliphatic rings. The van der Waals surface area contributed by atoms with Gasteiger partial charge in [0.25, 0.3) is 10.0 Å². The largest absolute Gasteiger partial charge is 0.573 e. The number of ether oxygens (including phenoxy) is 2. The Balaban J connectivity index is 1.41. The summed E-state index contributed by atoms with van der Waals surface area (Å²) in [6.45, 7) is 1.43. The number of para-hydroxylation sites is 2. The van der Waals surface area contributed by atoms with Gasteiger partial charge in [-0.05, 0) is 60.7 Å². The SMILES string of the molecule is COc1ccccc1N1CCN(S(=O)(=O)c2ccc(NS(=O)(=O)c3ccc(OC(F)(F)F)cc3)cc2)CC1. The maximum atomic E-state index is 13.2. The summed E-state index contributed by atoms with van der Waals surface area (Å²) in [5.74, 6) is 0.141. The number of halogens is 3. The first-order valence-electron chi connectivity index (χ1n) is 11.3. The van der Waals surface area contributed by atoms with Gasteiger partial charge in [0.1, 0.15) is 11.5 Å². The lowest BCUT2D eigenvalue weighted by Gasteiger charge is -2.35. The molecule has 9 nitrogen and oxygen atoms in total. The van der Waals surface area contributed by atoms with E-state index >= 15 is 0 Å². The molecule has 0 spiro atoms. The zero-order valence-electron chi connectivity index (χ0n) is 20.1. The van der Waals surface area contributed by atoms with Gasteiger partial charge >= 0.3 is 6.36 Å². The van der Waals surface area contributed by atoms with Crippen molar-refractivity contribution >= 4 is 31.4 Å². The topological polar surface area (TPSA) is 105 Å². The van der Waals surface area contributed by atoms with E-state index in [9.17, 15) is 30.0 Å². The summed E-state index contributed by atoms with van der Waals surface area (Å²) in [4.78, 5) is 1.75. The van der Waals surface area contributed by atoms with E-state index in [4.69, 9.17) is 4.74 Å². The molecule has 204 valence electrons. The van der Waals surface area contributed by atoms with E-state index in [1.54, 1.807) is 7.11 Å². The lowest BCUT2D eigenvalue weighted by Crippen LogP contribution is -2.48. The highest BCUT2D eigenvalue weighted by Crippen LogP contribution is 2.30. The standard InChI is InChI=1S/C24H24F3N3O6S2/c1-35-23-5-3-2-4-22(23)29-14-16-30(17-15-29)38(33,34)21-10-6-18(7-11-21)28-37(31,32)20-12-8-19(9-13-20)36-24(25,26)27/h2-13,28H,14-17H2,1H3. The third-order valence-electron chi connectivity index (χ3n) is 5.78.